The number of rotatable bonds is 7. The van der Waals surface area contributed by atoms with Gasteiger partial charge >= 0.3 is 0 Å². The molecule has 1 aromatic rings. The van der Waals surface area contributed by atoms with Crippen LogP contribution >= 0.6 is 15.9 Å². The standard InChI is InChI=1S/C17H27BrN2/c1-12(2)10-19-11-15-9-16(18)7-8-17(15)20(4)13(3)14-5-6-14/h7-9,12-14,19H,5-6,10-11H2,1-4H3. The van der Waals surface area contributed by atoms with E-state index in [2.05, 4.69) is 72.2 Å². The Hall–Kier alpha value is -0.540. The molecule has 1 aliphatic rings. The van der Waals surface area contributed by atoms with Crippen molar-refractivity contribution >= 4 is 21.6 Å². The predicted octanol–water partition coefficient (Wildman–Crippen LogP) is 4.43. The summed E-state index contributed by atoms with van der Waals surface area (Å²) in [4.78, 5) is 2.45. The van der Waals surface area contributed by atoms with Gasteiger partial charge in [-0.2, -0.15) is 0 Å². The summed E-state index contributed by atoms with van der Waals surface area (Å²) in [6, 6.07) is 7.28. The molecule has 20 heavy (non-hydrogen) atoms. The molecule has 0 saturated heterocycles. The molecule has 1 aromatic carbocycles. The van der Waals surface area contributed by atoms with Crippen LogP contribution in [-0.2, 0) is 6.54 Å². The Bertz CT molecular complexity index is 441. The molecule has 1 atom stereocenters. The maximum absolute atomic E-state index is 3.60. The van der Waals surface area contributed by atoms with Crippen molar-refractivity contribution in [1.29, 1.82) is 0 Å². The van der Waals surface area contributed by atoms with Crippen LogP contribution in [0.1, 0.15) is 39.2 Å². The van der Waals surface area contributed by atoms with Gasteiger partial charge < -0.3 is 10.2 Å². The molecule has 0 bridgehead atoms. The largest absolute Gasteiger partial charge is 0.371 e. The molecule has 0 radical (unpaired) electrons. The third-order valence-electron chi connectivity index (χ3n) is 4.20. The first-order chi connectivity index (χ1) is 9.49. The molecule has 1 unspecified atom stereocenters. The van der Waals surface area contributed by atoms with Crippen molar-refractivity contribution in [3.8, 4) is 0 Å². The second kappa shape index (κ2) is 6.95. The van der Waals surface area contributed by atoms with Crippen molar-refractivity contribution in [2.45, 2.75) is 46.2 Å². The van der Waals surface area contributed by atoms with E-state index in [4.69, 9.17) is 0 Å². The molecule has 0 spiro atoms. The van der Waals surface area contributed by atoms with Gasteiger partial charge in [-0.1, -0.05) is 29.8 Å². The molecule has 0 heterocycles. The first-order valence-electron chi connectivity index (χ1n) is 7.71. The van der Waals surface area contributed by atoms with Gasteiger partial charge in [0.25, 0.3) is 0 Å². The van der Waals surface area contributed by atoms with E-state index in [0.717, 1.165) is 23.5 Å². The summed E-state index contributed by atoms with van der Waals surface area (Å²) < 4.78 is 1.16. The average Bonchev–Trinajstić information content (AvgIpc) is 3.21. The van der Waals surface area contributed by atoms with E-state index in [1.54, 1.807) is 0 Å². The number of nitrogens with one attached hydrogen (secondary N) is 1. The van der Waals surface area contributed by atoms with E-state index in [9.17, 15) is 0 Å². The molecule has 0 aliphatic heterocycles. The number of benzene rings is 1. The van der Waals surface area contributed by atoms with Crippen molar-refractivity contribution in [3.63, 3.8) is 0 Å². The Kier molecular flexibility index (Phi) is 5.50. The van der Waals surface area contributed by atoms with Gasteiger partial charge in [-0.3, -0.25) is 0 Å². The third kappa shape index (κ3) is 4.23. The number of halogens is 1. The van der Waals surface area contributed by atoms with Crippen LogP contribution in [0.2, 0.25) is 0 Å². The van der Waals surface area contributed by atoms with Crippen LogP contribution < -0.4 is 10.2 Å². The Morgan fingerprint density at radius 1 is 1.30 bits per heavy atom. The molecular formula is C17H27BrN2. The first kappa shape index (κ1) is 15.8. The summed E-state index contributed by atoms with van der Waals surface area (Å²) in [6.45, 7) is 8.85. The molecule has 3 heteroatoms. The smallest absolute Gasteiger partial charge is 0.0412 e. The number of hydrogen-bond donors (Lipinski definition) is 1. The van der Waals surface area contributed by atoms with E-state index < -0.39 is 0 Å². The number of anilines is 1. The molecular weight excluding hydrogens is 312 g/mol. The van der Waals surface area contributed by atoms with Crippen molar-refractivity contribution in [2.75, 3.05) is 18.5 Å². The number of hydrogen-bond acceptors (Lipinski definition) is 2. The fourth-order valence-corrected chi connectivity index (χ4v) is 3.06. The van der Waals surface area contributed by atoms with E-state index >= 15 is 0 Å². The highest BCUT2D eigenvalue weighted by Gasteiger charge is 2.31. The molecule has 1 N–H and O–H groups in total. The minimum atomic E-state index is 0.639. The zero-order chi connectivity index (χ0) is 14.7. The zero-order valence-corrected chi connectivity index (χ0v) is 14.7. The van der Waals surface area contributed by atoms with E-state index in [1.165, 1.54) is 24.1 Å². The highest BCUT2D eigenvalue weighted by molar-refractivity contribution is 9.10. The Labute approximate surface area is 132 Å². The van der Waals surface area contributed by atoms with Gasteiger partial charge in [0.15, 0.2) is 0 Å². The first-order valence-corrected chi connectivity index (χ1v) is 8.50. The van der Waals surface area contributed by atoms with Crippen LogP contribution in [0.4, 0.5) is 5.69 Å². The van der Waals surface area contributed by atoms with Crippen LogP contribution in [0.5, 0.6) is 0 Å². The molecule has 1 saturated carbocycles. The summed E-state index contributed by atoms with van der Waals surface area (Å²) in [7, 11) is 2.23. The molecule has 2 rings (SSSR count). The Morgan fingerprint density at radius 3 is 2.60 bits per heavy atom. The highest BCUT2D eigenvalue weighted by atomic mass is 79.9. The van der Waals surface area contributed by atoms with Gasteiger partial charge in [0.2, 0.25) is 0 Å². The maximum Gasteiger partial charge on any atom is 0.0412 e. The monoisotopic (exact) mass is 338 g/mol. The molecule has 2 nitrogen and oxygen atoms in total. The van der Waals surface area contributed by atoms with Gasteiger partial charge in [0, 0.05) is 29.8 Å². The van der Waals surface area contributed by atoms with Crippen LogP contribution in [0.25, 0.3) is 0 Å². The van der Waals surface area contributed by atoms with Gasteiger partial charge in [0.1, 0.15) is 0 Å². The SMILES string of the molecule is CC(C)CNCc1cc(Br)ccc1N(C)C(C)C1CC1. The lowest BCUT2D eigenvalue weighted by molar-refractivity contribution is 0.550. The summed E-state index contributed by atoms with van der Waals surface area (Å²) >= 11 is 3.60. The van der Waals surface area contributed by atoms with Crippen LogP contribution in [0.15, 0.2) is 22.7 Å². The summed E-state index contributed by atoms with van der Waals surface area (Å²) in [5.41, 5.74) is 2.75. The highest BCUT2D eigenvalue weighted by Crippen LogP contribution is 2.37. The molecule has 0 amide bonds. The average molecular weight is 339 g/mol. The van der Waals surface area contributed by atoms with Crippen molar-refractivity contribution in [2.24, 2.45) is 11.8 Å². The van der Waals surface area contributed by atoms with Crippen molar-refractivity contribution in [3.05, 3.63) is 28.2 Å². The van der Waals surface area contributed by atoms with Gasteiger partial charge in [-0.15, -0.1) is 0 Å². The summed E-state index contributed by atoms with van der Waals surface area (Å²) in [5, 5.41) is 3.56. The third-order valence-corrected chi connectivity index (χ3v) is 4.70. The van der Waals surface area contributed by atoms with Gasteiger partial charge in [-0.25, -0.2) is 0 Å². The molecule has 1 fully saturated rings. The minimum absolute atomic E-state index is 0.639. The Morgan fingerprint density at radius 2 is 2.00 bits per heavy atom. The molecule has 112 valence electrons. The summed E-state index contributed by atoms with van der Waals surface area (Å²) in [6.07, 6.45) is 2.78. The van der Waals surface area contributed by atoms with Crippen LogP contribution in [0.3, 0.4) is 0 Å². The van der Waals surface area contributed by atoms with Crippen molar-refractivity contribution < 1.29 is 0 Å². The zero-order valence-electron chi connectivity index (χ0n) is 13.1. The number of nitrogens with zero attached hydrogens (tertiary/aromatic N) is 1. The minimum Gasteiger partial charge on any atom is -0.371 e. The van der Waals surface area contributed by atoms with E-state index in [0.29, 0.717) is 12.0 Å². The van der Waals surface area contributed by atoms with Gasteiger partial charge in [0.05, 0.1) is 0 Å². The normalized spacial score (nSPS) is 16.5. The quantitative estimate of drug-likeness (QED) is 0.791. The second-order valence-corrected chi connectivity index (χ2v) is 7.40. The molecule has 1 aliphatic carbocycles. The van der Waals surface area contributed by atoms with Gasteiger partial charge in [-0.05, 0) is 61.9 Å². The van der Waals surface area contributed by atoms with Crippen LogP contribution in [0, 0.1) is 11.8 Å². The second-order valence-electron chi connectivity index (χ2n) is 6.49. The lowest BCUT2D eigenvalue weighted by atomic mass is 10.1. The van der Waals surface area contributed by atoms with E-state index in [1.807, 2.05) is 0 Å². The summed E-state index contributed by atoms with van der Waals surface area (Å²) in [5.74, 6) is 1.58. The predicted molar refractivity (Wildman–Crippen MR) is 91.3 cm³/mol. The topological polar surface area (TPSA) is 15.3 Å². The fraction of sp³-hybridized carbons (Fsp3) is 0.647. The Balaban J connectivity index is 2.09. The lowest BCUT2D eigenvalue weighted by Gasteiger charge is -2.29. The van der Waals surface area contributed by atoms with Crippen LogP contribution in [-0.4, -0.2) is 19.6 Å². The van der Waals surface area contributed by atoms with Crippen molar-refractivity contribution in [1.82, 2.24) is 5.32 Å². The lowest BCUT2D eigenvalue weighted by Crippen LogP contribution is -2.32. The maximum atomic E-state index is 3.60. The molecule has 0 aromatic heterocycles. The fourth-order valence-electron chi connectivity index (χ4n) is 2.65. The van der Waals surface area contributed by atoms with E-state index in [-0.39, 0.29) is 0 Å².